The first kappa shape index (κ1) is 14.9. The summed E-state index contributed by atoms with van der Waals surface area (Å²) in [5.74, 6) is -0.0140. The second-order valence-corrected chi connectivity index (χ2v) is 7.12. The van der Waals surface area contributed by atoms with Crippen molar-refractivity contribution in [3.8, 4) is 0 Å². The number of carbonyl (C=O) groups excluding carboxylic acids is 1. The van der Waals surface area contributed by atoms with Gasteiger partial charge in [-0.2, -0.15) is 0 Å². The first-order valence-corrected chi connectivity index (χ1v) is 8.58. The van der Waals surface area contributed by atoms with Crippen LogP contribution < -0.4 is 5.32 Å². The summed E-state index contributed by atoms with van der Waals surface area (Å²) < 4.78 is 0.721. The summed E-state index contributed by atoms with van der Waals surface area (Å²) in [6.45, 7) is 0. The van der Waals surface area contributed by atoms with Crippen molar-refractivity contribution in [2.45, 2.75) is 4.90 Å². The first-order valence-electron chi connectivity index (χ1n) is 6.95. The van der Waals surface area contributed by atoms with Crippen molar-refractivity contribution in [1.29, 1.82) is 0 Å². The Hall–Kier alpha value is -2.71. The third kappa shape index (κ3) is 2.55. The second-order valence-electron chi connectivity index (χ2n) is 5.01. The summed E-state index contributed by atoms with van der Waals surface area (Å²) in [5.41, 5.74) is 1.42. The van der Waals surface area contributed by atoms with Gasteiger partial charge in [0.25, 0.3) is 5.69 Å². The van der Waals surface area contributed by atoms with E-state index in [0.29, 0.717) is 21.1 Å². The number of allylic oxidation sites excluding steroid dienone is 1. The number of carbonyl (C=O) groups is 1. The van der Waals surface area contributed by atoms with E-state index in [9.17, 15) is 14.9 Å². The van der Waals surface area contributed by atoms with E-state index in [1.807, 2.05) is 24.3 Å². The molecule has 0 radical (unpaired) electrons. The highest BCUT2D eigenvalue weighted by molar-refractivity contribution is 8.04. The minimum absolute atomic E-state index is 0.0140. The van der Waals surface area contributed by atoms with Crippen LogP contribution in [0.4, 0.5) is 10.8 Å². The van der Waals surface area contributed by atoms with Crippen molar-refractivity contribution in [2.75, 3.05) is 5.32 Å². The quantitative estimate of drug-likeness (QED) is 0.424. The van der Waals surface area contributed by atoms with Gasteiger partial charge in [0.1, 0.15) is 0 Å². The van der Waals surface area contributed by atoms with Gasteiger partial charge in [-0.1, -0.05) is 35.2 Å². The fourth-order valence-corrected chi connectivity index (χ4v) is 4.19. The van der Waals surface area contributed by atoms with Gasteiger partial charge in [0.05, 0.1) is 20.0 Å². The lowest BCUT2D eigenvalue weighted by molar-refractivity contribution is -0.384. The molecule has 0 aliphatic carbocycles. The number of benzene rings is 2. The lowest BCUT2D eigenvalue weighted by atomic mass is 10.1. The average Bonchev–Trinajstić information content (AvgIpc) is 3.13. The molecule has 0 spiro atoms. The highest BCUT2D eigenvalue weighted by atomic mass is 32.2. The number of fused-ring (bicyclic) bond motifs is 2. The minimum Gasteiger partial charge on any atom is -0.337 e. The van der Waals surface area contributed by atoms with Crippen LogP contribution in [-0.4, -0.2) is 15.7 Å². The summed E-state index contributed by atoms with van der Waals surface area (Å²) in [7, 11) is 0. The maximum absolute atomic E-state index is 12.3. The number of anilines is 1. The number of nitrogens with one attached hydrogen (secondary N) is 1. The molecule has 0 fully saturated rings. The van der Waals surface area contributed by atoms with Crippen molar-refractivity contribution >= 4 is 49.9 Å². The molecule has 0 saturated heterocycles. The highest BCUT2D eigenvalue weighted by Gasteiger charge is 2.25. The zero-order valence-corrected chi connectivity index (χ0v) is 13.7. The van der Waals surface area contributed by atoms with Crippen LogP contribution in [0.5, 0.6) is 0 Å². The predicted octanol–water partition coefficient (Wildman–Crippen LogP) is 4.45. The summed E-state index contributed by atoms with van der Waals surface area (Å²) >= 11 is 2.72. The third-order valence-corrected chi connectivity index (χ3v) is 5.53. The molecule has 1 aromatic heterocycles. The number of nitro benzene ring substituents is 1. The molecule has 1 aliphatic heterocycles. The van der Waals surface area contributed by atoms with Crippen LogP contribution >= 0.6 is 23.1 Å². The van der Waals surface area contributed by atoms with E-state index in [2.05, 4.69) is 10.3 Å². The number of nitro groups is 1. The zero-order chi connectivity index (χ0) is 16.7. The molecule has 0 saturated carbocycles. The van der Waals surface area contributed by atoms with E-state index in [1.165, 1.54) is 35.2 Å². The number of aromatic nitrogens is 1. The van der Waals surface area contributed by atoms with Gasteiger partial charge in [0.15, 0.2) is 5.13 Å². The molecular formula is C16H9N3O3S2. The van der Waals surface area contributed by atoms with E-state index in [4.69, 9.17) is 0 Å². The number of Topliss-reactive ketones (excluding diaryl/α,β-unsaturated/α-hetero) is 1. The lowest BCUT2D eigenvalue weighted by Crippen LogP contribution is -1.97. The zero-order valence-electron chi connectivity index (χ0n) is 12.1. The number of rotatable bonds is 3. The van der Waals surface area contributed by atoms with E-state index >= 15 is 0 Å². The monoisotopic (exact) mass is 355 g/mol. The largest absolute Gasteiger partial charge is 0.337 e. The highest BCUT2D eigenvalue weighted by Crippen LogP contribution is 2.39. The molecule has 2 heterocycles. The fourth-order valence-electron chi connectivity index (χ4n) is 2.35. The SMILES string of the molecule is O=C1/C(=C/Nc2nc3ccc([N+](=O)[O-])cc3s2)Sc2ccccc21. The smallest absolute Gasteiger partial charge is 0.270 e. The summed E-state index contributed by atoms with van der Waals surface area (Å²) in [4.78, 5) is 28.6. The van der Waals surface area contributed by atoms with Crippen molar-refractivity contribution in [2.24, 2.45) is 0 Å². The Kier molecular flexibility index (Phi) is 3.55. The molecule has 0 unspecified atom stereocenters. The molecule has 0 amide bonds. The molecule has 1 aliphatic rings. The van der Waals surface area contributed by atoms with Crippen LogP contribution in [0, 0.1) is 10.1 Å². The number of nitrogens with zero attached hydrogens (tertiary/aromatic N) is 2. The van der Waals surface area contributed by atoms with Gasteiger partial charge in [0.2, 0.25) is 5.78 Å². The summed E-state index contributed by atoms with van der Waals surface area (Å²) in [6.07, 6.45) is 1.64. The van der Waals surface area contributed by atoms with Crippen LogP contribution in [0.3, 0.4) is 0 Å². The van der Waals surface area contributed by atoms with Gasteiger partial charge < -0.3 is 5.32 Å². The fraction of sp³-hybridized carbons (Fsp3) is 0. The Morgan fingerprint density at radius 2 is 2.04 bits per heavy atom. The Morgan fingerprint density at radius 3 is 2.83 bits per heavy atom. The molecule has 24 heavy (non-hydrogen) atoms. The average molecular weight is 355 g/mol. The Balaban J connectivity index is 1.59. The standard InChI is InChI=1S/C16H9N3O3S2/c20-15-10-3-1-2-4-12(10)23-14(15)8-17-16-18-11-6-5-9(19(21)22)7-13(11)24-16/h1-8H,(H,17,18)/b14-8-. The topological polar surface area (TPSA) is 85.1 Å². The lowest BCUT2D eigenvalue weighted by Gasteiger charge is -1.95. The van der Waals surface area contributed by atoms with Crippen LogP contribution in [0.25, 0.3) is 10.2 Å². The Labute approximate surface area is 144 Å². The first-order chi connectivity index (χ1) is 11.6. The number of thiazole rings is 1. The van der Waals surface area contributed by atoms with Crippen LogP contribution in [0.1, 0.15) is 10.4 Å². The summed E-state index contributed by atoms with van der Waals surface area (Å²) in [6, 6.07) is 12.0. The Morgan fingerprint density at radius 1 is 1.21 bits per heavy atom. The number of non-ortho nitro benzene ring substituents is 1. The van der Waals surface area contributed by atoms with Gasteiger partial charge in [-0.25, -0.2) is 4.98 Å². The molecule has 118 valence electrons. The van der Waals surface area contributed by atoms with Gasteiger partial charge in [-0.05, 0) is 18.2 Å². The molecule has 6 nitrogen and oxygen atoms in total. The molecule has 8 heteroatoms. The number of hydrogen-bond donors (Lipinski definition) is 1. The van der Waals surface area contributed by atoms with Crippen molar-refractivity contribution < 1.29 is 9.72 Å². The van der Waals surface area contributed by atoms with Crippen LogP contribution in [0.15, 0.2) is 58.5 Å². The van der Waals surface area contributed by atoms with E-state index < -0.39 is 4.92 Å². The molecular weight excluding hydrogens is 346 g/mol. The maximum atomic E-state index is 12.3. The second kappa shape index (κ2) is 5.73. The van der Waals surface area contributed by atoms with Crippen molar-refractivity contribution in [3.05, 3.63) is 69.2 Å². The van der Waals surface area contributed by atoms with Crippen molar-refractivity contribution in [1.82, 2.24) is 4.98 Å². The van der Waals surface area contributed by atoms with Gasteiger partial charge >= 0.3 is 0 Å². The molecule has 0 bridgehead atoms. The van der Waals surface area contributed by atoms with Gasteiger partial charge in [0, 0.05) is 28.8 Å². The predicted molar refractivity (Wildman–Crippen MR) is 94.6 cm³/mol. The summed E-state index contributed by atoms with van der Waals surface area (Å²) in [5, 5.41) is 14.4. The molecule has 2 aromatic carbocycles. The maximum Gasteiger partial charge on any atom is 0.270 e. The number of ketones is 1. The third-order valence-electron chi connectivity index (χ3n) is 3.48. The molecule has 3 aromatic rings. The van der Waals surface area contributed by atoms with Crippen LogP contribution in [-0.2, 0) is 0 Å². The minimum atomic E-state index is -0.431. The van der Waals surface area contributed by atoms with Gasteiger partial charge in [-0.3, -0.25) is 14.9 Å². The molecule has 4 rings (SSSR count). The number of hydrogen-bond acceptors (Lipinski definition) is 7. The number of thioether (sulfide) groups is 1. The molecule has 0 atom stereocenters. The van der Waals surface area contributed by atoms with Crippen molar-refractivity contribution in [3.63, 3.8) is 0 Å². The van der Waals surface area contributed by atoms with E-state index in [-0.39, 0.29) is 11.5 Å². The van der Waals surface area contributed by atoms with Crippen LogP contribution in [0.2, 0.25) is 0 Å². The van der Waals surface area contributed by atoms with Gasteiger partial charge in [-0.15, -0.1) is 0 Å². The Bertz CT molecular complexity index is 1030. The normalized spacial score (nSPS) is 15.0. The van der Waals surface area contributed by atoms with E-state index in [1.54, 1.807) is 12.3 Å². The van der Waals surface area contributed by atoms with E-state index in [0.717, 1.165) is 9.60 Å². The molecule has 1 N–H and O–H groups in total.